The van der Waals surface area contributed by atoms with E-state index < -0.39 is 18.0 Å². The Morgan fingerprint density at radius 3 is 2.83 bits per heavy atom. The number of aliphatic hydroxyl groups excluding tert-OH is 1. The third-order valence-corrected chi connectivity index (χ3v) is 7.34. The second-order valence-corrected chi connectivity index (χ2v) is 9.03. The summed E-state index contributed by atoms with van der Waals surface area (Å²) in [5.74, 6) is -1.81. The van der Waals surface area contributed by atoms with E-state index in [2.05, 4.69) is 15.4 Å². The summed E-state index contributed by atoms with van der Waals surface area (Å²) < 4.78 is 0. The van der Waals surface area contributed by atoms with E-state index in [4.69, 9.17) is 0 Å². The van der Waals surface area contributed by atoms with Gasteiger partial charge in [0.05, 0.1) is 30.7 Å². The number of carboxylic acid groups (broad SMARTS) is 1. The van der Waals surface area contributed by atoms with Gasteiger partial charge < -0.3 is 19.9 Å². The van der Waals surface area contributed by atoms with E-state index in [1.165, 1.54) is 16.7 Å². The highest BCUT2D eigenvalue weighted by Crippen LogP contribution is 2.52. The van der Waals surface area contributed by atoms with Gasteiger partial charge in [0, 0.05) is 28.8 Å². The first-order valence-corrected chi connectivity index (χ1v) is 10.4. The molecule has 0 saturated carbocycles. The van der Waals surface area contributed by atoms with Gasteiger partial charge in [-0.1, -0.05) is 6.92 Å². The number of fused-ring (bicyclic) bond motifs is 1. The fraction of sp³-hybridized carbons (Fsp3) is 0.611. The number of nitrogens with zero attached hydrogens (tertiary/aromatic N) is 4. The molecule has 11 heteroatoms. The van der Waals surface area contributed by atoms with Crippen LogP contribution in [0.15, 0.2) is 20.6 Å². The van der Waals surface area contributed by atoms with Crippen LogP contribution in [-0.4, -0.2) is 87.0 Å². The first kappa shape index (κ1) is 20.0. The number of aliphatic carboxylic acids is 1. The second-order valence-electron chi connectivity index (χ2n) is 7.69. The minimum atomic E-state index is -1.14. The molecule has 4 heterocycles. The summed E-state index contributed by atoms with van der Waals surface area (Å²) >= 11 is 1.41. The number of carbonyl (C=O) groups is 3. The van der Waals surface area contributed by atoms with E-state index in [-0.39, 0.29) is 34.9 Å². The van der Waals surface area contributed by atoms with E-state index >= 15 is 0 Å². The van der Waals surface area contributed by atoms with Gasteiger partial charge in [0.1, 0.15) is 12.0 Å². The molecule has 10 nitrogen and oxygen atoms in total. The molecule has 1 amide bonds. The van der Waals surface area contributed by atoms with Crippen LogP contribution in [0.3, 0.4) is 0 Å². The van der Waals surface area contributed by atoms with Crippen LogP contribution in [0.5, 0.6) is 0 Å². The second kappa shape index (κ2) is 7.54. The highest BCUT2D eigenvalue weighted by Gasteiger charge is 2.60. The zero-order chi connectivity index (χ0) is 20.9. The molecule has 6 atom stereocenters. The molecule has 0 aromatic carbocycles. The fourth-order valence-corrected chi connectivity index (χ4v) is 6.05. The van der Waals surface area contributed by atoms with Crippen molar-refractivity contribution in [3.8, 4) is 0 Å². The lowest BCUT2D eigenvalue weighted by atomic mass is 9.79. The lowest BCUT2D eigenvalue weighted by molar-refractivity contribution is -0.163. The zero-order valence-electron chi connectivity index (χ0n) is 16.1. The Bertz CT molecular complexity index is 840. The third-order valence-electron chi connectivity index (χ3n) is 5.85. The van der Waals surface area contributed by atoms with Crippen molar-refractivity contribution >= 4 is 42.1 Å². The quantitative estimate of drug-likeness (QED) is 0.384. The highest BCUT2D eigenvalue weighted by molar-refractivity contribution is 8.03. The summed E-state index contributed by atoms with van der Waals surface area (Å²) in [6.45, 7) is 4.45. The average Bonchev–Trinajstić information content (AvgIpc) is 3.35. The summed E-state index contributed by atoms with van der Waals surface area (Å²) in [5.41, 5.74) is 3.06. The Labute approximate surface area is 171 Å². The van der Waals surface area contributed by atoms with Gasteiger partial charge in [0.2, 0.25) is 11.9 Å². The molecule has 29 heavy (non-hydrogen) atoms. The molecule has 0 aliphatic carbocycles. The number of thioether (sulfide) groups is 1. The Kier molecular flexibility index (Phi) is 5.21. The molecule has 0 aromatic heterocycles. The molecular weight excluding hydrogens is 398 g/mol. The number of hydrazine groups is 1. The van der Waals surface area contributed by atoms with Crippen LogP contribution in [-0.2, 0) is 14.4 Å². The molecule has 156 valence electrons. The Morgan fingerprint density at radius 1 is 1.48 bits per heavy atom. The minimum Gasteiger partial charge on any atom is -0.477 e. The van der Waals surface area contributed by atoms with Crippen molar-refractivity contribution in [1.82, 2.24) is 15.3 Å². The number of carboxylic acids is 1. The molecular formula is C18H23N5O5S. The molecule has 0 spiro atoms. The lowest BCUT2D eigenvalue weighted by Gasteiger charge is -2.46. The lowest BCUT2D eigenvalue weighted by Crippen LogP contribution is -2.63. The van der Waals surface area contributed by atoms with Crippen molar-refractivity contribution in [2.75, 3.05) is 13.1 Å². The van der Waals surface area contributed by atoms with Crippen molar-refractivity contribution in [2.45, 2.75) is 43.7 Å². The van der Waals surface area contributed by atoms with Crippen LogP contribution in [0.1, 0.15) is 20.3 Å². The number of rotatable bonds is 6. The topological polar surface area (TPSA) is 135 Å². The van der Waals surface area contributed by atoms with E-state index in [1.54, 1.807) is 18.1 Å². The van der Waals surface area contributed by atoms with Crippen LogP contribution in [0.2, 0.25) is 0 Å². The highest BCUT2D eigenvalue weighted by atomic mass is 32.2. The van der Waals surface area contributed by atoms with Gasteiger partial charge in [-0.25, -0.2) is 19.8 Å². The number of amides is 1. The van der Waals surface area contributed by atoms with Crippen LogP contribution >= 0.6 is 11.8 Å². The number of β-lactam (4-membered cyclic amide) rings is 1. The summed E-state index contributed by atoms with van der Waals surface area (Å²) in [6.07, 6.45) is 2.24. The minimum absolute atomic E-state index is 0.00762. The molecule has 2 unspecified atom stereocenters. The number of aliphatic imine (C=N–C) groups is 2. The van der Waals surface area contributed by atoms with Gasteiger partial charge in [-0.3, -0.25) is 10.2 Å². The van der Waals surface area contributed by atoms with Gasteiger partial charge >= 0.3 is 5.97 Å². The summed E-state index contributed by atoms with van der Waals surface area (Å²) in [4.78, 5) is 46.1. The summed E-state index contributed by atoms with van der Waals surface area (Å²) in [7, 11) is 0. The summed E-state index contributed by atoms with van der Waals surface area (Å²) in [6, 6.07) is -0.712. The van der Waals surface area contributed by atoms with Crippen LogP contribution in [0.25, 0.3) is 0 Å². The van der Waals surface area contributed by atoms with Crippen LogP contribution in [0, 0.1) is 11.8 Å². The maximum Gasteiger partial charge on any atom is 0.353 e. The Balaban J connectivity index is 1.52. The van der Waals surface area contributed by atoms with E-state index in [0.29, 0.717) is 30.4 Å². The van der Waals surface area contributed by atoms with Crippen molar-refractivity contribution in [3.05, 3.63) is 10.6 Å². The molecule has 0 aromatic rings. The molecule has 0 bridgehead atoms. The Morgan fingerprint density at radius 2 is 2.24 bits per heavy atom. The van der Waals surface area contributed by atoms with Gasteiger partial charge in [0.15, 0.2) is 0 Å². The molecule has 3 N–H and O–H groups in total. The smallest absolute Gasteiger partial charge is 0.353 e. The van der Waals surface area contributed by atoms with Gasteiger partial charge in [-0.15, -0.1) is 11.8 Å². The number of aldehydes is 1. The maximum absolute atomic E-state index is 12.4. The molecule has 2 fully saturated rings. The van der Waals surface area contributed by atoms with Crippen molar-refractivity contribution in [1.29, 1.82) is 0 Å². The number of carbonyl (C=O) groups excluding carboxylic acids is 2. The predicted octanol–water partition coefficient (Wildman–Crippen LogP) is -0.540. The van der Waals surface area contributed by atoms with E-state index in [0.717, 1.165) is 6.29 Å². The van der Waals surface area contributed by atoms with Crippen LogP contribution in [0.4, 0.5) is 0 Å². The Hall–Kier alpha value is -2.24. The molecule has 4 aliphatic heterocycles. The monoisotopic (exact) mass is 421 g/mol. The van der Waals surface area contributed by atoms with Gasteiger partial charge in [-0.05, 0) is 13.3 Å². The zero-order valence-corrected chi connectivity index (χ0v) is 16.9. The maximum atomic E-state index is 12.4. The third kappa shape index (κ3) is 3.26. The predicted molar refractivity (Wildman–Crippen MR) is 106 cm³/mol. The molecule has 4 aliphatic rings. The van der Waals surface area contributed by atoms with Crippen LogP contribution < -0.4 is 5.43 Å². The van der Waals surface area contributed by atoms with E-state index in [9.17, 15) is 24.6 Å². The van der Waals surface area contributed by atoms with Gasteiger partial charge in [-0.2, -0.15) is 0 Å². The largest absolute Gasteiger partial charge is 0.477 e. The first-order chi connectivity index (χ1) is 13.8. The number of nitrogens with one attached hydrogen (secondary N) is 1. The standard InChI is InChI=1S/C18H23N5O5S/c1-8-13-12(9(2)25)16(26)23(13)14(17(27)28)15(8)29-11-5-10(7-24)22(6-11)21-18-19-3-4-20-18/h3,7-13,25H,4-6H2,1-2H3,(H,20,21)(H,27,28)/t8-,9+,10-,11?,12?,13+/m0/s1. The number of aliphatic hydroxyl groups is 1. The number of hydrogen-bond donors (Lipinski definition) is 3. The number of guanidine groups is 1. The summed E-state index contributed by atoms with van der Waals surface area (Å²) in [5, 5.41) is 21.4. The van der Waals surface area contributed by atoms with Crippen molar-refractivity contribution in [2.24, 2.45) is 21.8 Å². The van der Waals surface area contributed by atoms with Gasteiger partial charge in [0.25, 0.3) is 0 Å². The van der Waals surface area contributed by atoms with Crippen molar-refractivity contribution in [3.63, 3.8) is 0 Å². The molecule has 0 radical (unpaired) electrons. The number of hydrogen-bond acceptors (Lipinski definition) is 9. The van der Waals surface area contributed by atoms with Crippen molar-refractivity contribution < 1.29 is 24.6 Å². The normalized spacial score (nSPS) is 34.9. The van der Waals surface area contributed by atoms with E-state index in [1.807, 2.05) is 6.92 Å². The SMILES string of the molecule is C[C@@H]1C(SC2C[C@@H](C=O)N(NC3=NCC=N3)C2)=C(C(=O)O)N2C(=O)C([C@@H](C)O)[C@@H]12. The fourth-order valence-electron chi connectivity index (χ4n) is 4.52. The first-order valence-electron chi connectivity index (χ1n) is 9.54. The average molecular weight is 421 g/mol. The molecule has 4 rings (SSSR count). The molecule has 2 saturated heterocycles.